The van der Waals surface area contributed by atoms with Crippen LogP contribution in [0.1, 0.15) is 41.7 Å². The molecule has 176 valence electrons. The van der Waals surface area contributed by atoms with Gasteiger partial charge in [-0.1, -0.05) is 48.6 Å². The molecule has 0 saturated carbocycles. The van der Waals surface area contributed by atoms with E-state index in [-0.39, 0.29) is 5.69 Å². The first-order chi connectivity index (χ1) is 16.6. The highest BCUT2D eigenvalue weighted by Crippen LogP contribution is 2.30. The Balaban J connectivity index is 1.56. The van der Waals surface area contributed by atoms with Gasteiger partial charge in [0.2, 0.25) is 0 Å². The number of aromatic carboxylic acids is 1. The van der Waals surface area contributed by atoms with Crippen molar-refractivity contribution < 1.29 is 19.0 Å². The van der Waals surface area contributed by atoms with Crippen LogP contribution in [0.15, 0.2) is 66.7 Å². The first-order valence-corrected chi connectivity index (χ1v) is 12.0. The number of unbranched alkanes of at least 4 members (excludes halogenated alkanes) is 2. The molecule has 0 fully saturated rings. The summed E-state index contributed by atoms with van der Waals surface area (Å²) in [4.78, 5) is 12.2. The first kappa shape index (κ1) is 23.8. The van der Waals surface area contributed by atoms with Gasteiger partial charge in [0, 0.05) is 34.3 Å². The Kier molecular flexibility index (Phi) is 7.86. The van der Waals surface area contributed by atoms with Crippen molar-refractivity contribution in [3.63, 3.8) is 0 Å². The zero-order chi connectivity index (χ0) is 23.9. The third kappa shape index (κ3) is 5.26. The highest BCUT2D eigenvalue weighted by Gasteiger charge is 2.21. The number of aryl methyl sites for hydroxylation is 1. The van der Waals surface area contributed by atoms with E-state index in [1.807, 2.05) is 48.5 Å². The summed E-state index contributed by atoms with van der Waals surface area (Å²) in [5.74, 6) is -0.0271. The van der Waals surface area contributed by atoms with Crippen LogP contribution in [0.5, 0.6) is 5.75 Å². The lowest BCUT2D eigenvalue weighted by molar-refractivity contribution is 0.0685. The molecule has 1 aromatic heterocycles. The van der Waals surface area contributed by atoms with E-state index in [0.29, 0.717) is 41.9 Å². The zero-order valence-electron chi connectivity index (χ0n) is 18.8. The molecule has 4 rings (SSSR count). The van der Waals surface area contributed by atoms with Gasteiger partial charge >= 0.3 is 5.97 Å². The highest BCUT2D eigenvalue weighted by molar-refractivity contribution is 6.17. The number of aromatic nitrogens is 1. The quantitative estimate of drug-likeness (QED) is 0.179. The predicted molar refractivity (Wildman–Crippen MR) is 137 cm³/mol. The van der Waals surface area contributed by atoms with E-state index in [2.05, 4.69) is 0 Å². The van der Waals surface area contributed by atoms with E-state index in [4.69, 9.17) is 16.3 Å². The van der Waals surface area contributed by atoms with Crippen LogP contribution in [-0.4, -0.2) is 28.1 Å². The second-order valence-corrected chi connectivity index (χ2v) is 8.52. The summed E-state index contributed by atoms with van der Waals surface area (Å²) < 4.78 is 21.8. The van der Waals surface area contributed by atoms with Crippen LogP contribution in [0.25, 0.3) is 27.8 Å². The molecule has 0 spiro atoms. The van der Waals surface area contributed by atoms with Crippen molar-refractivity contribution >= 4 is 45.3 Å². The summed E-state index contributed by atoms with van der Waals surface area (Å²) >= 11 is 5.73. The Morgan fingerprint density at radius 3 is 2.68 bits per heavy atom. The minimum absolute atomic E-state index is 0.166. The lowest BCUT2D eigenvalue weighted by Crippen LogP contribution is -2.12. The zero-order valence-corrected chi connectivity index (χ0v) is 19.6. The van der Waals surface area contributed by atoms with Gasteiger partial charge in [0.15, 0.2) is 0 Å². The Morgan fingerprint density at radius 1 is 1.03 bits per heavy atom. The first-order valence-electron chi connectivity index (χ1n) is 11.5. The smallest absolute Gasteiger partial charge is 0.353 e. The molecule has 4 nitrogen and oxygen atoms in total. The van der Waals surface area contributed by atoms with Crippen molar-refractivity contribution in [2.24, 2.45) is 0 Å². The minimum atomic E-state index is -1.04. The molecule has 3 aromatic carbocycles. The summed E-state index contributed by atoms with van der Waals surface area (Å²) in [6.07, 6.45) is 6.93. The summed E-state index contributed by atoms with van der Waals surface area (Å²) in [5, 5.41) is 12.8. The maximum Gasteiger partial charge on any atom is 0.353 e. The van der Waals surface area contributed by atoms with Gasteiger partial charge in [0.25, 0.3) is 0 Å². The number of carbonyl (C=O) groups is 1. The monoisotopic (exact) mass is 479 g/mol. The third-order valence-electron chi connectivity index (χ3n) is 5.84. The highest BCUT2D eigenvalue weighted by atomic mass is 35.5. The molecule has 0 aliphatic heterocycles. The third-order valence-corrected chi connectivity index (χ3v) is 6.11. The van der Waals surface area contributed by atoms with Crippen LogP contribution in [0.2, 0.25) is 0 Å². The van der Waals surface area contributed by atoms with Crippen molar-refractivity contribution in [1.82, 2.24) is 4.57 Å². The van der Waals surface area contributed by atoms with Crippen LogP contribution in [-0.2, 0) is 6.54 Å². The largest absolute Gasteiger partial charge is 0.493 e. The number of hydrogen-bond donors (Lipinski definition) is 1. The normalized spacial score (nSPS) is 11.6. The van der Waals surface area contributed by atoms with E-state index in [0.717, 1.165) is 35.8 Å². The van der Waals surface area contributed by atoms with Crippen molar-refractivity contribution in [3.05, 3.63) is 83.8 Å². The SMILES string of the molecule is O=C(O)c1c(/C=C/CCCCCl)c2cc(F)ccc2n1CCCOc1cccc2ccccc12. The Bertz CT molecular complexity index is 1320. The lowest BCUT2D eigenvalue weighted by Gasteiger charge is -2.11. The van der Waals surface area contributed by atoms with Gasteiger partial charge in [-0.05, 0) is 55.3 Å². The molecule has 0 bridgehead atoms. The topological polar surface area (TPSA) is 51.5 Å². The second-order valence-electron chi connectivity index (χ2n) is 8.15. The van der Waals surface area contributed by atoms with Crippen LogP contribution < -0.4 is 4.74 Å². The number of nitrogens with zero attached hydrogens (tertiary/aromatic N) is 1. The van der Waals surface area contributed by atoms with E-state index < -0.39 is 11.8 Å². The average Bonchev–Trinajstić information content (AvgIpc) is 3.14. The van der Waals surface area contributed by atoms with Gasteiger partial charge in [0.1, 0.15) is 17.3 Å². The number of allylic oxidation sites excluding steroid dienone is 1. The number of carboxylic acids is 1. The second kappa shape index (κ2) is 11.2. The number of alkyl halides is 1. The molecule has 0 aliphatic carbocycles. The van der Waals surface area contributed by atoms with E-state index in [9.17, 15) is 14.3 Å². The number of halogens is 2. The van der Waals surface area contributed by atoms with Gasteiger partial charge in [-0.25, -0.2) is 9.18 Å². The van der Waals surface area contributed by atoms with Crippen LogP contribution in [0.3, 0.4) is 0 Å². The van der Waals surface area contributed by atoms with Crippen molar-refractivity contribution in [2.45, 2.75) is 32.2 Å². The lowest BCUT2D eigenvalue weighted by atomic mass is 10.1. The molecule has 6 heteroatoms. The number of rotatable bonds is 11. The summed E-state index contributed by atoms with van der Waals surface area (Å²) in [7, 11) is 0. The Hall–Kier alpha value is -3.31. The molecule has 34 heavy (non-hydrogen) atoms. The molecule has 1 heterocycles. The molecule has 0 saturated heterocycles. The van der Waals surface area contributed by atoms with E-state index in [1.165, 1.54) is 12.1 Å². The number of benzene rings is 3. The van der Waals surface area contributed by atoms with Crippen LogP contribution in [0.4, 0.5) is 4.39 Å². The van der Waals surface area contributed by atoms with Gasteiger partial charge in [0.05, 0.1) is 6.61 Å². The molecule has 4 aromatic rings. The van der Waals surface area contributed by atoms with Crippen molar-refractivity contribution in [2.75, 3.05) is 12.5 Å². The fourth-order valence-electron chi connectivity index (χ4n) is 4.27. The fraction of sp³-hybridized carbons (Fsp3) is 0.250. The van der Waals surface area contributed by atoms with Crippen molar-refractivity contribution in [3.8, 4) is 5.75 Å². The van der Waals surface area contributed by atoms with E-state index >= 15 is 0 Å². The summed E-state index contributed by atoms with van der Waals surface area (Å²) in [6, 6.07) is 18.4. The van der Waals surface area contributed by atoms with Crippen LogP contribution >= 0.6 is 11.6 Å². The Labute approximate surface area is 203 Å². The Morgan fingerprint density at radius 2 is 1.85 bits per heavy atom. The molecule has 0 aliphatic rings. The average molecular weight is 480 g/mol. The van der Waals surface area contributed by atoms with Gasteiger partial charge in [-0.2, -0.15) is 0 Å². The number of hydrogen-bond acceptors (Lipinski definition) is 2. The molecular weight excluding hydrogens is 453 g/mol. The minimum Gasteiger partial charge on any atom is -0.493 e. The molecule has 0 unspecified atom stereocenters. The summed E-state index contributed by atoms with van der Waals surface area (Å²) in [5.41, 5.74) is 1.39. The number of ether oxygens (including phenoxy) is 1. The molecule has 0 atom stereocenters. The number of carboxylic acid groups (broad SMARTS) is 1. The maximum atomic E-state index is 14.1. The van der Waals surface area contributed by atoms with Gasteiger partial charge in [-0.3, -0.25) is 0 Å². The number of fused-ring (bicyclic) bond motifs is 2. The molecular formula is C28H27ClFNO3. The van der Waals surface area contributed by atoms with E-state index in [1.54, 1.807) is 16.7 Å². The standard InChI is InChI=1S/C28H27ClFNO3/c29-16-6-2-1-3-12-23-24-19-21(30)14-15-25(24)31(27(23)28(32)33)17-8-18-34-26-13-7-10-20-9-4-5-11-22(20)26/h3-5,7,9-15,19H,1-2,6,8,16-18H2,(H,32,33)/b12-3+. The van der Waals surface area contributed by atoms with Crippen LogP contribution in [0, 0.1) is 5.82 Å². The van der Waals surface area contributed by atoms with Crippen molar-refractivity contribution in [1.29, 1.82) is 0 Å². The molecule has 1 N–H and O–H groups in total. The molecule has 0 amide bonds. The molecule has 0 radical (unpaired) electrons. The maximum absolute atomic E-state index is 14.1. The van der Waals surface area contributed by atoms with Gasteiger partial charge in [-0.15, -0.1) is 11.6 Å². The predicted octanol–water partition coefficient (Wildman–Crippen LogP) is 7.52. The summed E-state index contributed by atoms with van der Waals surface area (Å²) in [6.45, 7) is 0.867. The fourth-order valence-corrected chi connectivity index (χ4v) is 4.46. The van der Waals surface area contributed by atoms with Gasteiger partial charge < -0.3 is 14.4 Å².